The number of rotatable bonds is 7. The summed E-state index contributed by atoms with van der Waals surface area (Å²) in [6.45, 7) is 32.3. The Hall–Kier alpha value is -3.09. The molecule has 2 aromatic rings. The van der Waals surface area contributed by atoms with E-state index < -0.39 is 0 Å². The Kier molecular flexibility index (Phi) is 25.1. The highest BCUT2D eigenvalue weighted by Gasteiger charge is 2.43. The van der Waals surface area contributed by atoms with Crippen LogP contribution in [0.2, 0.25) is 0 Å². The van der Waals surface area contributed by atoms with Crippen LogP contribution in [-0.4, -0.2) is 24.0 Å². The van der Waals surface area contributed by atoms with Crippen LogP contribution in [0.15, 0.2) is 55.1 Å². The summed E-state index contributed by atoms with van der Waals surface area (Å²) >= 11 is 0. The molecule has 0 heterocycles. The minimum Gasteiger partial charge on any atom is -0.393 e. The van der Waals surface area contributed by atoms with Crippen molar-refractivity contribution in [2.24, 2.45) is 17.3 Å². The molecule has 242 valence electrons. The summed E-state index contributed by atoms with van der Waals surface area (Å²) in [6, 6.07) is 12.9. The molecule has 43 heavy (non-hydrogen) atoms. The van der Waals surface area contributed by atoms with Gasteiger partial charge < -0.3 is 15.2 Å². The molecule has 0 radical (unpaired) electrons. The molecule has 0 spiro atoms. The maximum absolute atomic E-state index is 9.44. The molecular weight excluding hydrogens is 526 g/mol. The third-order valence-electron chi connectivity index (χ3n) is 7.77. The lowest BCUT2D eigenvalue weighted by atomic mass is 9.59. The highest BCUT2D eigenvalue weighted by molar-refractivity contribution is 5.72. The lowest BCUT2D eigenvalue weighted by Gasteiger charge is -2.48. The van der Waals surface area contributed by atoms with Crippen molar-refractivity contribution in [1.29, 1.82) is 0 Å². The third-order valence-corrected chi connectivity index (χ3v) is 7.77. The first-order valence-corrected chi connectivity index (χ1v) is 15.7. The largest absolute Gasteiger partial charge is 0.393 e. The van der Waals surface area contributed by atoms with Crippen molar-refractivity contribution in [3.05, 3.63) is 82.9 Å². The van der Waals surface area contributed by atoms with E-state index in [0.717, 1.165) is 36.4 Å². The van der Waals surface area contributed by atoms with Gasteiger partial charge in [0.15, 0.2) is 0 Å². The topological polar surface area (TPSA) is 49.3 Å². The quantitative estimate of drug-likeness (QED) is 0.249. The first-order chi connectivity index (χ1) is 20.1. The predicted octanol–water partition coefficient (Wildman–Crippen LogP) is 10.8. The monoisotopic (exact) mass is 592 g/mol. The van der Waals surface area contributed by atoms with Crippen LogP contribution in [0.25, 0.3) is 6.08 Å². The van der Waals surface area contributed by atoms with Gasteiger partial charge in [0.25, 0.3) is 0 Å². The Morgan fingerprint density at radius 3 is 1.81 bits per heavy atom. The molecule has 1 aliphatic carbocycles. The van der Waals surface area contributed by atoms with Crippen molar-refractivity contribution in [1.82, 2.24) is 0 Å². The number of aliphatic hydroxyl groups is 1. The predicted molar refractivity (Wildman–Crippen MR) is 195 cm³/mol. The Labute approximate surface area is 267 Å². The van der Waals surface area contributed by atoms with E-state index in [2.05, 4.69) is 123 Å². The number of Topliss-reactive ketones (excluding diaryl/α,β-unsaturated/α-hetero) is 1. The fourth-order valence-electron chi connectivity index (χ4n) is 4.70. The van der Waals surface area contributed by atoms with Crippen molar-refractivity contribution < 1.29 is 9.90 Å². The van der Waals surface area contributed by atoms with Gasteiger partial charge in [-0.3, -0.25) is 0 Å². The van der Waals surface area contributed by atoms with E-state index in [1.807, 2.05) is 27.0 Å². The Bertz CT molecular complexity index is 1080. The average Bonchev–Trinajstić information content (AvgIpc) is 2.95. The number of hydrogen-bond acceptors (Lipinski definition) is 3. The third kappa shape index (κ3) is 18.2. The van der Waals surface area contributed by atoms with Crippen LogP contribution in [0.5, 0.6) is 0 Å². The smallest absolute Gasteiger partial charge is 0.126 e. The lowest BCUT2D eigenvalue weighted by Crippen LogP contribution is -2.44. The van der Waals surface area contributed by atoms with Crippen LogP contribution in [-0.2, 0) is 11.2 Å². The molecule has 1 atom stereocenters. The highest BCUT2D eigenvalue weighted by atomic mass is 16.3. The highest BCUT2D eigenvalue weighted by Crippen LogP contribution is 2.49. The van der Waals surface area contributed by atoms with E-state index in [9.17, 15) is 4.79 Å². The normalized spacial score (nSPS) is 16.5. The molecule has 1 saturated carbocycles. The number of terminal acetylenes is 1. The number of ketones is 1. The summed E-state index contributed by atoms with van der Waals surface area (Å²) in [5.74, 6) is 1.48. The molecular formula is C40H65NO2. The number of hydrogen-bond donors (Lipinski definition) is 2. The van der Waals surface area contributed by atoms with Crippen LogP contribution in [0.3, 0.4) is 0 Å². The summed E-state index contributed by atoms with van der Waals surface area (Å²) in [4.78, 5) is 9.44. The molecule has 0 amide bonds. The van der Waals surface area contributed by atoms with Crippen molar-refractivity contribution >= 4 is 17.5 Å². The molecule has 0 aliphatic heterocycles. The van der Waals surface area contributed by atoms with Gasteiger partial charge in [-0.1, -0.05) is 108 Å². The number of carbonyl (C=O) groups excluding carboxylic acids is 1. The number of benzene rings is 2. The van der Waals surface area contributed by atoms with Crippen molar-refractivity contribution in [3.63, 3.8) is 0 Å². The Morgan fingerprint density at radius 2 is 1.49 bits per heavy atom. The number of carbonyl (C=O) groups is 1. The van der Waals surface area contributed by atoms with Gasteiger partial charge >= 0.3 is 0 Å². The fraction of sp³-hybridized carbons (Fsp3) is 0.525. The van der Waals surface area contributed by atoms with Crippen LogP contribution >= 0.6 is 0 Å². The average molecular weight is 592 g/mol. The molecule has 0 aromatic heterocycles. The first-order valence-electron chi connectivity index (χ1n) is 15.7. The van der Waals surface area contributed by atoms with E-state index in [0.29, 0.717) is 11.3 Å². The SMILES string of the molecule is C#C.C=C(C)C(C)Cc1ccc(C)cc1C.C=Cc1cc(C)ccc1NC.CC.CC(C)=O.CCC1(C(C)C)CC(O)C1. The standard InChI is InChI=1S/C14H20.C10H13N.C9H18O.C3H6O.C2H6.C2H2/c1-10(2)12(4)9-14-7-6-11(3)8-13(14)5;1-4-9-7-8(2)5-6-10(9)11-3;1-4-9(7(2)3)5-8(10)6-9;1-3(2)4;2*1-2/h6-8,12H,1,9H2,2-5H3;4-7,11H,1H2,2-3H3;7-8,10H,4-6H2,1-3H3;1-2H3;1-2H3;1-2H. The van der Waals surface area contributed by atoms with Crippen molar-refractivity contribution in [2.75, 3.05) is 12.4 Å². The summed E-state index contributed by atoms with van der Waals surface area (Å²) in [5, 5.41) is 12.3. The van der Waals surface area contributed by atoms with E-state index in [1.54, 1.807) is 0 Å². The van der Waals surface area contributed by atoms with Gasteiger partial charge in [-0.05, 0) is 107 Å². The molecule has 3 rings (SSSR count). The summed E-state index contributed by atoms with van der Waals surface area (Å²) < 4.78 is 0. The number of aryl methyl sites for hydroxylation is 3. The van der Waals surface area contributed by atoms with E-state index in [-0.39, 0.29) is 11.9 Å². The number of nitrogens with one attached hydrogen (secondary N) is 1. The number of aliphatic hydroxyl groups excluding tert-OH is 1. The lowest BCUT2D eigenvalue weighted by molar-refractivity contribution is -0.115. The second kappa shape index (κ2) is 24.4. The number of allylic oxidation sites excluding steroid dienone is 1. The minimum atomic E-state index is 0.00218. The van der Waals surface area contributed by atoms with Crippen LogP contribution in [0.4, 0.5) is 5.69 Å². The van der Waals surface area contributed by atoms with Crippen LogP contribution in [0.1, 0.15) is 109 Å². The summed E-state index contributed by atoms with van der Waals surface area (Å²) in [6.07, 6.45) is 14.3. The van der Waals surface area contributed by atoms with Gasteiger partial charge in [-0.15, -0.1) is 12.8 Å². The molecule has 3 heteroatoms. The molecule has 0 bridgehead atoms. The second-order valence-electron chi connectivity index (χ2n) is 11.8. The molecule has 2 N–H and O–H groups in total. The zero-order valence-electron chi connectivity index (χ0n) is 30.0. The Morgan fingerprint density at radius 1 is 1.02 bits per heavy atom. The van der Waals surface area contributed by atoms with E-state index >= 15 is 0 Å². The second-order valence-corrected chi connectivity index (χ2v) is 11.8. The minimum absolute atomic E-state index is 0.00218. The van der Waals surface area contributed by atoms with Gasteiger partial charge in [-0.25, -0.2) is 0 Å². The molecule has 2 aromatic carbocycles. The maximum Gasteiger partial charge on any atom is 0.126 e. The van der Waals surface area contributed by atoms with Crippen molar-refractivity contribution in [2.45, 2.75) is 115 Å². The summed E-state index contributed by atoms with van der Waals surface area (Å²) in [5.41, 5.74) is 9.50. The molecule has 1 aliphatic rings. The van der Waals surface area contributed by atoms with Gasteiger partial charge in [0.1, 0.15) is 5.78 Å². The maximum atomic E-state index is 9.44. The van der Waals surface area contributed by atoms with Crippen molar-refractivity contribution in [3.8, 4) is 12.8 Å². The first kappa shape index (κ1) is 44.4. The van der Waals surface area contributed by atoms with Gasteiger partial charge in [-0.2, -0.15) is 0 Å². The van der Waals surface area contributed by atoms with E-state index in [4.69, 9.17) is 5.11 Å². The Balaban J connectivity index is -0.000000502. The van der Waals surface area contributed by atoms with Gasteiger partial charge in [0.2, 0.25) is 0 Å². The molecule has 3 nitrogen and oxygen atoms in total. The van der Waals surface area contributed by atoms with Crippen LogP contribution in [0, 0.1) is 50.9 Å². The number of anilines is 1. The molecule has 0 saturated heterocycles. The van der Waals surface area contributed by atoms with Gasteiger partial charge in [0.05, 0.1) is 6.10 Å². The fourth-order valence-corrected chi connectivity index (χ4v) is 4.70. The molecule has 1 fully saturated rings. The molecule has 1 unspecified atom stereocenters. The zero-order chi connectivity index (χ0) is 34.3. The zero-order valence-corrected chi connectivity index (χ0v) is 30.0. The van der Waals surface area contributed by atoms with Gasteiger partial charge in [0, 0.05) is 12.7 Å². The summed E-state index contributed by atoms with van der Waals surface area (Å²) in [7, 11) is 1.91. The van der Waals surface area contributed by atoms with E-state index in [1.165, 1.54) is 48.1 Å². The van der Waals surface area contributed by atoms with Crippen LogP contribution < -0.4 is 5.32 Å².